The molecule has 8 heteroatoms. The number of benzene rings is 1. The molecular formula is C12H10F3NO3S. The first-order chi connectivity index (χ1) is 9.32. The maximum atomic E-state index is 12.5. The second kappa shape index (κ2) is 6.63. The summed E-state index contributed by atoms with van der Waals surface area (Å²) in [5, 5.41) is 17.9. The number of halogens is 3. The summed E-state index contributed by atoms with van der Waals surface area (Å²) in [5.74, 6) is -0.967. The number of nitrogens with zero attached hydrogens (tertiary/aromatic N) is 1. The maximum Gasteiger partial charge on any atom is 0.446 e. The zero-order valence-corrected chi connectivity index (χ0v) is 11.1. The summed E-state index contributed by atoms with van der Waals surface area (Å²) in [5.41, 5.74) is -5.17. The number of nitriles is 1. The number of rotatable bonds is 4. The highest BCUT2D eigenvalue weighted by Crippen LogP contribution is 2.41. The van der Waals surface area contributed by atoms with E-state index >= 15 is 0 Å². The molecule has 0 aliphatic rings. The summed E-state index contributed by atoms with van der Waals surface area (Å²) >= 11 is -0.518. The van der Waals surface area contributed by atoms with Crippen LogP contribution in [0, 0.1) is 11.3 Å². The minimum absolute atomic E-state index is 0.0137. The zero-order valence-electron chi connectivity index (χ0n) is 10.3. The lowest BCUT2D eigenvalue weighted by Gasteiger charge is -2.14. The molecule has 20 heavy (non-hydrogen) atoms. The van der Waals surface area contributed by atoms with Crippen LogP contribution in [0.4, 0.5) is 13.2 Å². The molecule has 4 nitrogen and oxygen atoms in total. The first-order valence-electron chi connectivity index (χ1n) is 5.43. The highest BCUT2D eigenvalue weighted by molar-refractivity contribution is 8.00. The van der Waals surface area contributed by atoms with Crippen molar-refractivity contribution in [2.24, 2.45) is 0 Å². The van der Waals surface area contributed by atoms with Gasteiger partial charge in [-0.2, -0.15) is 18.4 Å². The summed E-state index contributed by atoms with van der Waals surface area (Å²) in [6.07, 6.45) is 0. The molecule has 0 amide bonds. The summed E-state index contributed by atoms with van der Waals surface area (Å²) in [6, 6.07) is 3.85. The van der Waals surface area contributed by atoms with E-state index in [0.717, 1.165) is 12.1 Å². The fourth-order valence-corrected chi connectivity index (χ4v) is 2.21. The van der Waals surface area contributed by atoms with Crippen LogP contribution < -0.4 is 0 Å². The number of hydrogen-bond donors (Lipinski definition) is 1. The van der Waals surface area contributed by atoms with Crippen molar-refractivity contribution >= 4 is 17.7 Å². The van der Waals surface area contributed by atoms with E-state index in [1.54, 1.807) is 6.07 Å². The Morgan fingerprint density at radius 2 is 2.15 bits per heavy atom. The Labute approximate surface area is 117 Å². The van der Waals surface area contributed by atoms with E-state index in [1.165, 1.54) is 6.92 Å². The molecule has 1 aromatic rings. The van der Waals surface area contributed by atoms with Crippen LogP contribution in [0.1, 0.15) is 28.4 Å². The third-order valence-electron chi connectivity index (χ3n) is 2.18. The molecule has 0 bridgehead atoms. The molecule has 1 aromatic carbocycles. The standard InChI is InChI=1S/C12H10F3NO3S/c1-2-19-11(18)9-4-7(5-16)3-8(6-17)10(9)20-12(13,14)15/h3-4,17H,2,6H2,1H3. The number of alkyl halides is 3. The van der Waals surface area contributed by atoms with Crippen molar-refractivity contribution in [1.82, 2.24) is 0 Å². The van der Waals surface area contributed by atoms with Crippen molar-refractivity contribution in [1.29, 1.82) is 5.26 Å². The van der Waals surface area contributed by atoms with Crippen LogP contribution in [-0.4, -0.2) is 23.2 Å². The highest BCUT2D eigenvalue weighted by atomic mass is 32.2. The van der Waals surface area contributed by atoms with Gasteiger partial charge in [0, 0.05) is 4.90 Å². The molecule has 0 radical (unpaired) electrons. The number of esters is 1. The van der Waals surface area contributed by atoms with Crippen LogP contribution in [0.15, 0.2) is 17.0 Å². The van der Waals surface area contributed by atoms with Crippen LogP contribution in [0.2, 0.25) is 0 Å². The van der Waals surface area contributed by atoms with Gasteiger partial charge in [0.1, 0.15) is 0 Å². The molecule has 0 aliphatic carbocycles. The molecule has 0 unspecified atom stereocenters. The van der Waals surface area contributed by atoms with E-state index in [-0.39, 0.29) is 23.3 Å². The summed E-state index contributed by atoms with van der Waals surface area (Å²) < 4.78 is 42.3. The zero-order chi connectivity index (χ0) is 15.3. The van der Waals surface area contributed by atoms with Gasteiger partial charge >= 0.3 is 11.5 Å². The summed E-state index contributed by atoms with van der Waals surface area (Å²) in [4.78, 5) is 11.2. The Morgan fingerprint density at radius 3 is 2.60 bits per heavy atom. The van der Waals surface area contributed by atoms with Crippen LogP contribution in [0.5, 0.6) is 0 Å². The van der Waals surface area contributed by atoms with Crippen molar-refractivity contribution < 1.29 is 27.8 Å². The third kappa shape index (κ3) is 4.15. The van der Waals surface area contributed by atoms with Crippen LogP contribution >= 0.6 is 11.8 Å². The van der Waals surface area contributed by atoms with Crippen LogP contribution in [-0.2, 0) is 11.3 Å². The smallest absolute Gasteiger partial charge is 0.446 e. The number of aliphatic hydroxyl groups excluding tert-OH is 1. The van der Waals surface area contributed by atoms with Gasteiger partial charge in [-0.3, -0.25) is 0 Å². The van der Waals surface area contributed by atoms with E-state index in [2.05, 4.69) is 4.74 Å². The molecule has 1 rings (SSSR count). The third-order valence-corrected chi connectivity index (χ3v) is 3.10. The van der Waals surface area contributed by atoms with Crippen molar-refractivity contribution in [3.05, 3.63) is 28.8 Å². The Morgan fingerprint density at radius 1 is 1.50 bits per heavy atom. The highest BCUT2D eigenvalue weighted by Gasteiger charge is 2.33. The molecule has 0 aliphatic heterocycles. The van der Waals surface area contributed by atoms with Gasteiger partial charge in [-0.1, -0.05) is 0 Å². The molecule has 0 saturated carbocycles. The first-order valence-corrected chi connectivity index (χ1v) is 6.24. The fraction of sp³-hybridized carbons (Fsp3) is 0.333. The van der Waals surface area contributed by atoms with Crippen molar-refractivity contribution in [2.45, 2.75) is 23.9 Å². The monoisotopic (exact) mass is 305 g/mol. The second-order valence-electron chi connectivity index (χ2n) is 3.55. The topological polar surface area (TPSA) is 70.3 Å². The molecule has 0 atom stereocenters. The van der Waals surface area contributed by atoms with Crippen molar-refractivity contribution in [2.75, 3.05) is 6.61 Å². The Hall–Kier alpha value is -1.72. The first kappa shape index (κ1) is 16.3. The van der Waals surface area contributed by atoms with Gasteiger partial charge in [0.25, 0.3) is 0 Å². The van der Waals surface area contributed by atoms with E-state index in [9.17, 15) is 18.0 Å². The predicted molar refractivity (Wildman–Crippen MR) is 64.9 cm³/mol. The number of aliphatic hydroxyl groups is 1. The van der Waals surface area contributed by atoms with Crippen LogP contribution in [0.3, 0.4) is 0 Å². The average Bonchev–Trinajstić information content (AvgIpc) is 2.37. The molecule has 0 saturated heterocycles. The lowest BCUT2D eigenvalue weighted by atomic mass is 10.1. The molecule has 108 valence electrons. The van der Waals surface area contributed by atoms with Gasteiger partial charge < -0.3 is 9.84 Å². The minimum atomic E-state index is -4.63. The number of ether oxygens (including phenoxy) is 1. The quantitative estimate of drug-likeness (QED) is 0.684. The van der Waals surface area contributed by atoms with Crippen molar-refractivity contribution in [3.8, 4) is 6.07 Å². The van der Waals surface area contributed by atoms with E-state index in [0.29, 0.717) is 0 Å². The molecule has 0 fully saturated rings. The molecule has 0 heterocycles. The largest absolute Gasteiger partial charge is 0.462 e. The number of thioether (sulfide) groups is 1. The summed E-state index contributed by atoms with van der Waals surface area (Å²) in [6.45, 7) is 0.774. The minimum Gasteiger partial charge on any atom is -0.462 e. The average molecular weight is 305 g/mol. The fourth-order valence-electron chi connectivity index (χ4n) is 1.47. The molecular weight excluding hydrogens is 295 g/mol. The molecule has 0 spiro atoms. The Kier molecular flexibility index (Phi) is 5.42. The number of carbonyl (C=O) groups is 1. The second-order valence-corrected chi connectivity index (χ2v) is 4.63. The lowest BCUT2D eigenvalue weighted by Crippen LogP contribution is -2.11. The Balaban J connectivity index is 3.43. The molecule has 1 N–H and O–H groups in total. The number of hydrogen-bond acceptors (Lipinski definition) is 5. The van der Waals surface area contributed by atoms with E-state index in [4.69, 9.17) is 10.4 Å². The van der Waals surface area contributed by atoms with Gasteiger partial charge in [0.15, 0.2) is 0 Å². The molecule has 0 aromatic heterocycles. The maximum absolute atomic E-state index is 12.5. The SMILES string of the molecule is CCOC(=O)c1cc(C#N)cc(CO)c1SC(F)(F)F. The predicted octanol–water partition coefficient (Wildman–Crippen LogP) is 2.84. The summed E-state index contributed by atoms with van der Waals surface area (Å²) in [7, 11) is 0. The normalized spacial score (nSPS) is 11.0. The lowest BCUT2D eigenvalue weighted by molar-refractivity contribution is -0.0328. The number of carbonyl (C=O) groups excluding carboxylic acids is 1. The van der Waals surface area contributed by atoms with E-state index in [1.807, 2.05) is 0 Å². The van der Waals surface area contributed by atoms with Gasteiger partial charge in [-0.15, -0.1) is 0 Å². The van der Waals surface area contributed by atoms with Gasteiger partial charge in [0.05, 0.1) is 30.4 Å². The van der Waals surface area contributed by atoms with Crippen molar-refractivity contribution in [3.63, 3.8) is 0 Å². The van der Waals surface area contributed by atoms with Gasteiger partial charge in [0.2, 0.25) is 0 Å². The van der Waals surface area contributed by atoms with Crippen LogP contribution in [0.25, 0.3) is 0 Å². The Bertz CT molecular complexity index is 552. The van der Waals surface area contributed by atoms with Gasteiger partial charge in [-0.05, 0) is 36.4 Å². The van der Waals surface area contributed by atoms with Gasteiger partial charge in [-0.25, -0.2) is 4.79 Å². The van der Waals surface area contributed by atoms with E-state index < -0.39 is 34.7 Å².